The Hall–Kier alpha value is -5.24. The summed E-state index contributed by atoms with van der Waals surface area (Å²) in [5.41, 5.74) is 3.70. The van der Waals surface area contributed by atoms with Crippen LogP contribution in [0.3, 0.4) is 0 Å². The molecule has 2 spiro atoms. The van der Waals surface area contributed by atoms with Crippen molar-refractivity contribution in [1.82, 2.24) is 0 Å². The predicted octanol–water partition coefficient (Wildman–Crippen LogP) is 6.29. The SMILES string of the molecule is O=C1CC(c2ccccc2)C2(CC(c3ccccc3)C(=O)O2)O1.O=C1CC(c2ccccc2)C2(CC(c3ccccc3)C(=O)O2)O1. The fraction of sp³-hybridized carbons (Fsp3) is 0.263. The van der Waals surface area contributed by atoms with Crippen molar-refractivity contribution in [2.75, 3.05) is 0 Å². The number of rotatable bonds is 4. The molecule has 0 amide bonds. The van der Waals surface area contributed by atoms with E-state index in [2.05, 4.69) is 0 Å². The largest absolute Gasteiger partial charge is 0.422 e. The van der Waals surface area contributed by atoms with Crippen molar-refractivity contribution in [1.29, 1.82) is 0 Å². The maximum atomic E-state index is 12.4. The van der Waals surface area contributed by atoms with Gasteiger partial charge in [-0.25, -0.2) is 0 Å². The van der Waals surface area contributed by atoms with Gasteiger partial charge in [-0.1, -0.05) is 121 Å². The van der Waals surface area contributed by atoms with Crippen LogP contribution in [0.2, 0.25) is 0 Å². The van der Waals surface area contributed by atoms with E-state index in [0.29, 0.717) is 12.8 Å². The molecular weight excluding hydrogens is 584 g/mol. The molecule has 0 aromatic heterocycles. The van der Waals surface area contributed by atoms with Gasteiger partial charge in [0, 0.05) is 12.8 Å². The molecule has 4 aliphatic rings. The highest BCUT2D eigenvalue weighted by Crippen LogP contribution is 2.53. The average molecular weight is 617 g/mol. The zero-order valence-corrected chi connectivity index (χ0v) is 25.0. The molecule has 6 unspecified atom stereocenters. The second-order valence-electron chi connectivity index (χ2n) is 12.1. The summed E-state index contributed by atoms with van der Waals surface area (Å²) in [5, 5.41) is 0. The molecule has 0 saturated carbocycles. The van der Waals surface area contributed by atoms with Gasteiger partial charge >= 0.3 is 23.9 Å². The van der Waals surface area contributed by atoms with Gasteiger partial charge in [0.25, 0.3) is 11.6 Å². The van der Waals surface area contributed by atoms with Gasteiger partial charge < -0.3 is 18.9 Å². The Kier molecular flexibility index (Phi) is 7.64. The van der Waals surface area contributed by atoms with Crippen molar-refractivity contribution >= 4 is 23.9 Å². The second kappa shape index (κ2) is 11.9. The Morgan fingerprint density at radius 1 is 0.413 bits per heavy atom. The van der Waals surface area contributed by atoms with Crippen LogP contribution in [0.1, 0.15) is 71.6 Å². The summed E-state index contributed by atoms with van der Waals surface area (Å²) in [4.78, 5) is 48.7. The van der Waals surface area contributed by atoms with Crippen LogP contribution in [0.5, 0.6) is 0 Å². The lowest BCUT2D eigenvalue weighted by molar-refractivity contribution is -0.203. The van der Waals surface area contributed by atoms with Crippen LogP contribution in [0.4, 0.5) is 0 Å². The number of carbonyl (C=O) groups excluding carboxylic acids is 4. The van der Waals surface area contributed by atoms with E-state index < -0.39 is 23.4 Å². The molecule has 4 aliphatic heterocycles. The molecule has 0 radical (unpaired) electrons. The predicted molar refractivity (Wildman–Crippen MR) is 165 cm³/mol. The Morgan fingerprint density at radius 2 is 0.717 bits per heavy atom. The smallest absolute Gasteiger partial charge is 0.317 e. The van der Waals surface area contributed by atoms with Gasteiger partial charge in [0.15, 0.2) is 0 Å². The second-order valence-corrected chi connectivity index (χ2v) is 12.1. The Morgan fingerprint density at radius 3 is 1.04 bits per heavy atom. The Bertz CT molecular complexity index is 1610. The first-order valence-corrected chi connectivity index (χ1v) is 15.4. The van der Waals surface area contributed by atoms with E-state index in [-0.39, 0.29) is 48.6 Å². The number of hydrogen-bond donors (Lipinski definition) is 0. The molecule has 0 bridgehead atoms. The number of ether oxygens (including phenoxy) is 4. The quantitative estimate of drug-likeness (QED) is 0.247. The van der Waals surface area contributed by atoms with Gasteiger partial charge in [-0.15, -0.1) is 0 Å². The summed E-state index contributed by atoms with van der Waals surface area (Å²) in [6.45, 7) is 0. The van der Waals surface area contributed by atoms with Crippen molar-refractivity contribution in [3.63, 3.8) is 0 Å². The summed E-state index contributed by atoms with van der Waals surface area (Å²) in [6, 6.07) is 38.2. The fourth-order valence-electron chi connectivity index (χ4n) is 7.10. The van der Waals surface area contributed by atoms with Crippen LogP contribution >= 0.6 is 0 Å². The minimum absolute atomic E-state index is 0.235. The summed E-state index contributed by atoms with van der Waals surface area (Å²) >= 11 is 0. The average Bonchev–Trinajstić information content (AvgIpc) is 3.80. The molecule has 4 fully saturated rings. The molecule has 4 saturated heterocycles. The van der Waals surface area contributed by atoms with Crippen LogP contribution in [-0.2, 0) is 38.1 Å². The van der Waals surface area contributed by atoms with Crippen LogP contribution in [0.15, 0.2) is 121 Å². The van der Waals surface area contributed by atoms with Crippen molar-refractivity contribution in [3.8, 4) is 0 Å². The zero-order valence-electron chi connectivity index (χ0n) is 25.0. The Labute approximate surface area is 266 Å². The molecule has 0 aliphatic carbocycles. The highest BCUT2D eigenvalue weighted by molar-refractivity contribution is 5.84. The first-order valence-electron chi connectivity index (χ1n) is 15.4. The van der Waals surface area contributed by atoms with Gasteiger partial charge in [0.05, 0.1) is 36.5 Å². The molecule has 0 N–H and O–H groups in total. The third kappa shape index (κ3) is 5.44. The van der Waals surface area contributed by atoms with Crippen molar-refractivity contribution in [2.45, 2.75) is 60.9 Å². The van der Waals surface area contributed by atoms with Gasteiger partial charge in [0.1, 0.15) is 0 Å². The Balaban J connectivity index is 0.000000147. The molecule has 8 heteroatoms. The van der Waals surface area contributed by atoms with Crippen molar-refractivity contribution < 1.29 is 38.1 Å². The summed E-state index contributed by atoms with van der Waals surface area (Å²) in [7, 11) is 0. The molecule has 232 valence electrons. The lowest BCUT2D eigenvalue weighted by atomic mass is 9.84. The third-order valence-corrected chi connectivity index (χ3v) is 9.28. The molecule has 8 rings (SSSR count). The minimum atomic E-state index is -1.17. The number of esters is 4. The highest BCUT2D eigenvalue weighted by Gasteiger charge is 2.61. The number of hydrogen-bond acceptors (Lipinski definition) is 8. The van der Waals surface area contributed by atoms with Gasteiger partial charge in [-0.3, -0.25) is 19.2 Å². The normalized spacial score (nSPS) is 29.6. The van der Waals surface area contributed by atoms with Crippen LogP contribution < -0.4 is 0 Å². The van der Waals surface area contributed by atoms with Gasteiger partial charge in [-0.05, 0) is 22.3 Å². The van der Waals surface area contributed by atoms with E-state index in [1.54, 1.807) is 0 Å². The fourth-order valence-corrected chi connectivity index (χ4v) is 7.10. The molecule has 6 atom stereocenters. The monoisotopic (exact) mass is 616 g/mol. The van der Waals surface area contributed by atoms with E-state index in [4.69, 9.17) is 18.9 Å². The molecule has 4 heterocycles. The summed E-state index contributed by atoms with van der Waals surface area (Å²) in [5.74, 6) is -4.93. The third-order valence-electron chi connectivity index (χ3n) is 9.28. The van der Waals surface area contributed by atoms with E-state index in [1.165, 1.54) is 0 Å². The molecule has 46 heavy (non-hydrogen) atoms. The van der Waals surface area contributed by atoms with Crippen LogP contribution in [0.25, 0.3) is 0 Å². The maximum Gasteiger partial charge on any atom is 0.317 e. The van der Waals surface area contributed by atoms with E-state index in [0.717, 1.165) is 22.3 Å². The molecule has 4 aromatic rings. The molecule has 4 aromatic carbocycles. The highest BCUT2D eigenvalue weighted by atomic mass is 16.8. The number of carbonyl (C=O) groups is 4. The van der Waals surface area contributed by atoms with Crippen molar-refractivity contribution in [2.24, 2.45) is 0 Å². The van der Waals surface area contributed by atoms with E-state index in [1.807, 2.05) is 121 Å². The lowest BCUT2D eigenvalue weighted by Gasteiger charge is -2.27. The first kappa shape index (κ1) is 29.5. The van der Waals surface area contributed by atoms with Gasteiger partial charge in [-0.2, -0.15) is 0 Å². The maximum absolute atomic E-state index is 12.4. The minimum Gasteiger partial charge on any atom is -0.422 e. The molecular formula is C38H32O8. The zero-order chi connectivity index (χ0) is 31.7. The topological polar surface area (TPSA) is 105 Å². The van der Waals surface area contributed by atoms with Crippen LogP contribution in [-0.4, -0.2) is 35.5 Å². The van der Waals surface area contributed by atoms with E-state index >= 15 is 0 Å². The summed E-state index contributed by atoms with van der Waals surface area (Å²) in [6.07, 6.45) is 1.19. The van der Waals surface area contributed by atoms with Crippen molar-refractivity contribution in [3.05, 3.63) is 144 Å². The standard InChI is InChI=1S/2C19H16O4/c2*20-17-11-16(14-9-5-2-6-10-14)19(22-17)12-15(18(21)23-19)13-7-3-1-4-8-13/h2*1-10,15-16H,11-12H2. The number of benzene rings is 4. The molecule has 8 nitrogen and oxygen atoms in total. The first-order chi connectivity index (χ1) is 22.4. The summed E-state index contributed by atoms with van der Waals surface area (Å²) < 4.78 is 22.3. The lowest BCUT2D eigenvalue weighted by Crippen LogP contribution is -2.33. The van der Waals surface area contributed by atoms with Crippen LogP contribution in [0, 0.1) is 0 Å². The van der Waals surface area contributed by atoms with Gasteiger partial charge in [0.2, 0.25) is 0 Å². The van der Waals surface area contributed by atoms with E-state index in [9.17, 15) is 19.2 Å².